The number of hydrogen-bond acceptors (Lipinski definition) is 7. The quantitative estimate of drug-likeness (QED) is 0.262. The predicted octanol–water partition coefficient (Wildman–Crippen LogP) is 2.89. The average Bonchev–Trinajstić information content (AvgIpc) is 2.58. The number of hydroxylamine groups is 1. The Hall–Kier alpha value is -2.90. The third kappa shape index (κ3) is 4.88. The molecule has 0 N–H and O–H groups in total. The summed E-state index contributed by atoms with van der Waals surface area (Å²) in [6.07, 6.45) is 1.43. The van der Waals surface area contributed by atoms with E-state index in [-0.39, 0.29) is 12.3 Å². The van der Waals surface area contributed by atoms with Crippen molar-refractivity contribution in [3.8, 4) is 0 Å². The summed E-state index contributed by atoms with van der Waals surface area (Å²) in [6, 6.07) is 0. The highest BCUT2D eigenvalue weighted by atomic mass is 16.5. The first-order chi connectivity index (χ1) is 12.9. The highest BCUT2D eigenvalue weighted by Gasteiger charge is 2.20. The molecule has 0 amide bonds. The normalized spacial score (nSPS) is 12.2. The number of esters is 1. The van der Waals surface area contributed by atoms with Crippen molar-refractivity contribution in [3.05, 3.63) is 50.8 Å². The van der Waals surface area contributed by atoms with Crippen molar-refractivity contribution in [2.75, 3.05) is 0 Å². The number of nitrogens with zero attached hydrogens (tertiary/aromatic N) is 5. The van der Waals surface area contributed by atoms with Gasteiger partial charge in [0.1, 0.15) is 12.3 Å². The van der Waals surface area contributed by atoms with E-state index < -0.39 is 11.5 Å². The second-order valence-electron chi connectivity index (χ2n) is 7.76. The Balaban J connectivity index is 2.21. The Morgan fingerprint density at radius 1 is 0.929 bits per heavy atom. The molecule has 0 saturated heterocycles. The maximum atomic E-state index is 12.4. The van der Waals surface area contributed by atoms with E-state index in [1.165, 1.54) is 6.21 Å². The molecule has 150 valence electrons. The molecule has 8 nitrogen and oxygen atoms in total. The van der Waals surface area contributed by atoms with Crippen molar-refractivity contribution in [2.24, 2.45) is 0 Å². The van der Waals surface area contributed by atoms with Gasteiger partial charge >= 0.3 is 5.97 Å². The SMILES string of the molecule is Cc1nc(C)c(C(=O)OCc2nc(C)c(/C=[N+](\[O-])C(C)(C)C)nc2C)nc1C. The van der Waals surface area contributed by atoms with Gasteiger partial charge in [-0.2, -0.15) is 0 Å². The third-order valence-corrected chi connectivity index (χ3v) is 4.29. The number of hydrogen-bond donors (Lipinski definition) is 0. The summed E-state index contributed by atoms with van der Waals surface area (Å²) in [6.45, 7) is 14.3. The summed E-state index contributed by atoms with van der Waals surface area (Å²) >= 11 is 0. The Kier molecular flexibility index (Phi) is 6.11. The molecule has 0 atom stereocenters. The second-order valence-corrected chi connectivity index (χ2v) is 7.76. The van der Waals surface area contributed by atoms with Crippen LogP contribution < -0.4 is 0 Å². The van der Waals surface area contributed by atoms with Crippen LogP contribution in [-0.4, -0.2) is 42.4 Å². The lowest BCUT2D eigenvalue weighted by atomic mass is 10.1. The van der Waals surface area contributed by atoms with Gasteiger partial charge in [-0.1, -0.05) is 0 Å². The highest BCUT2D eigenvalue weighted by molar-refractivity contribution is 5.88. The van der Waals surface area contributed by atoms with Crippen molar-refractivity contribution in [3.63, 3.8) is 0 Å². The number of carbonyl (C=O) groups excluding carboxylic acids is 1. The molecule has 2 heterocycles. The van der Waals surface area contributed by atoms with Crippen molar-refractivity contribution in [1.29, 1.82) is 0 Å². The lowest BCUT2D eigenvalue weighted by molar-refractivity contribution is -0.530. The van der Waals surface area contributed by atoms with Crippen LogP contribution in [0.3, 0.4) is 0 Å². The standard InChI is InChI=1S/C20H27N5O3/c1-11-12(2)24-18(15(5)21-11)19(26)28-10-17-14(4)22-16(13(3)23-17)9-25(27)20(6,7)8/h9H,10H2,1-8H3/b25-9-. The fourth-order valence-electron chi connectivity index (χ4n) is 2.34. The molecule has 0 aliphatic rings. The van der Waals surface area contributed by atoms with E-state index in [9.17, 15) is 10.0 Å². The van der Waals surface area contributed by atoms with Crippen LogP contribution in [0.2, 0.25) is 0 Å². The maximum absolute atomic E-state index is 12.4. The summed E-state index contributed by atoms with van der Waals surface area (Å²) in [5.41, 5.74) is 3.82. The summed E-state index contributed by atoms with van der Waals surface area (Å²) < 4.78 is 6.23. The number of carbonyl (C=O) groups is 1. The molecular formula is C20H27N5O3. The predicted molar refractivity (Wildman–Crippen MR) is 105 cm³/mol. The van der Waals surface area contributed by atoms with E-state index in [0.29, 0.717) is 34.2 Å². The van der Waals surface area contributed by atoms with Crippen molar-refractivity contribution >= 4 is 12.2 Å². The van der Waals surface area contributed by atoms with Gasteiger partial charge < -0.3 is 9.94 Å². The zero-order chi connectivity index (χ0) is 21.2. The first-order valence-electron chi connectivity index (χ1n) is 9.04. The summed E-state index contributed by atoms with van der Waals surface area (Å²) in [5.74, 6) is -0.555. The van der Waals surface area contributed by atoms with Gasteiger partial charge in [-0.15, -0.1) is 0 Å². The fourth-order valence-corrected chi connectivity index (χ4v) is 2.34. The van der Waals surface area contributed by atoms with E-state index >= 15 is 0 Å². The smallest absolute Gasteiger partial charge is 0.359 e. The Labute approximate surface area is 165 Å². The van der Waals surface area contributed by atoms with Gasteiger partial charge in [-0.05, 0) is 34.6 Å². The van der Waals surface area contributed by atoms with Crippen LogP contribution in [0.4, 0.5) is 0 Å². The zero-order valence-corrected chi connectivity index (χ0v) is 17.7. The number of rotatable bonds is 4. The molecule has 0 unspecified atom stereocenters. The van der Waals surface area contributed by atoms with E-state index in [4.69, 9.17) is 4.74 Å². The molecule has 2 rings (SSSR count). The molecule has 0 radical (unpaired) electrons. The van der Waals surface area contributed by atoms with Gasteiger partial charge in [-0.3, -0.25) is 9.97 Å². The van der Waals surface area contributed by atoms with Gasteiger partial charge in [0, 0.05) is 20.8 Å². The van der Waals surface area contributed by atoms with E-state index in [1.807, 2.05) is 27.7 Å². The van der Waals surface area contributed by atoms with Gasteiger partial charge in [-0.25, -0.2) is 19.5 Å². The first kappa shape index (κ1) is 21.4. The van der Waals surface area contributed by atoms with Crippen LogP contribution >= 0.6 is 0 Å². The van der Waals surface area contributed by atoms with Crippen LogP contribution in [0, 0.1) is 39.8 Å². The van der Waals surface area contributed by atoms with E-state index in [1.54, 1.807) is 27.7 Å². The van der Waals surface area contributed by atoms with Crippen LogP contribution in [-0.2, 0) is 11.3 Å². The summed E-state index contributed by atoms with van der Waals surface area (Å²) in [5, 5.41) is 12.1. The number of aryl methyl sites for hydroxylation is 5. The molecule has 0 fully saturated rings. The Bertz CT molecular complexity index is 946. The van der Waals surface area contributed by atoms with Crippen molar-refractivity contribution < 1.29 is 14.3 Å². The summed E-state index contributed by atoms with van der Waals surface area (Å²) in [4.78, 5) is 29.9. The third-order valence-electron chi connectivity index (χ3n) is 4.29. The van der Waals surface area contributed by atoms with Crippen LogP contribution in [0.25, 0.3) is 0 Å². The number of aromatic nitrogens is 4. The molecule has 0 aliphatic carbocycles. The maximum Gasteiger partial charge on any atom is 0.359 e. The van der Waals surface area contributed by atoms with Crippen molar-refractivity contribution in [1.82, 2.24) is 19.9 Å². The minimum atomic E-state index is -0.568. The molecule has 2 aromatic heterocycles. The van der Waals surface area contributed by atoms with Crippen molar-refractivity contribution in [2.45, 2.75) is 67.5 Å². The Morgan fingerprint density at radius 2 is 1.54 bits per heavy atom. The van der Waals surface area contributed by atoms with Gasteiger partial charge in [0.15, 0.2) is 11.2 Å². The van der Waals surface area contributed by atoms with Crippen LogP contribution in [0.5, 0.6) is 0 Å². The van der Waals surface area contributed by atoms with Gasteiger partial charge in [0.2, 0.25) is 6.21 Å². The molecule has 8 heteroatoms. The molecule has 28 heavy (non-hydrogen) atoms. The Morgan fingerprint density at radius 3 is 2.14 bits per heavy atom. The lowest BCUT2D eigenvalue weighted by Crippen LogP contribution is -2.30. The first-order valence-corrected chi connectivity index (χ1v) is 9.04. The van der Waals surface area contributed by atoms with Gasteiger partial charge in [0.25, 0.3) is 0 Å². The molecular weight excluding hydrogens is 358 g/mol. The molecule has 2 aromatic rings. The lowest BCUT2D eigenvalue weighted by Gasteiger charge is -2.18. The van der Waals surface area contributed by atoms with E-state index in [0.717, 1.165) is 10.4 Å². The second kappa shape index (κ2) is 8.00. The largest absolute Gasteiger partial charge is 0.623 e. The minimum absolute atomic E-state index is 0.0345. The molecule has 0 spiro atoms. The van der Waals surface area contributed by atoms with E-state index in [2.05, 4.69) is 19.9 Å². The monoisotopic (exact) mass is 385 g/mol. The molecule has 0 aromatic carbocycles. The molecule has 0 saturated carbocycles. The summed E-state index contributed by atoms with van der Waals surface area (Å²) in [7, 11) is 0. The molecule has 0 bridgehead atoms. The highest BCUT2D eigenvalue weighted by Crippen LogP contribution is 2.13. The topological polar surface area (TPSA) is 104 Å². The van der Waals surface area contributed by atoms with Crippen LogP contribution in [0.15, 0.2) is 0 Å². The van der Waals surface area contributed by atoms with Gasteiger partial charge in [0.05, 0.1) is 34.2 Å². The average molecular weight is 385 g/mol. The zero-order valence-electron chi connectivity index (χ0n) is 17.7. The number of ether oxygens (including phenoxy) is 1. The molecule has 0 aliphatic heterocycles. The fraction of sp³-hybridized carbons (Fsp3) is 0.500. The van der Waals surface area contributed by atoms with Crippen LogP contribution in [0.1, 0.15) is 71.1 Å². The minimum Gasteiger partial charge on any atom is -0.623 e.